The van der Waals surface area contributed by atoms with Crippen LogP contribution in [0.25, 0.3) is 0 Å². The van der Waals surface area contributed by atoms with Crippen molar-refractivity contribution in [2.75, 3.05) is 27.2 Å². The number of quaternary nitrogens is 1. The van der Waals surface area contributed by atoms with E-state index in [0.29, 0.717) is 22.2 Å². The molecule has 0 unspecified atom stereocenters. The first-order valence-corrected chi connectivity index (χ1v) is 16.3. The van der Waals surface area contributed by atoms with E-state index in [4.69, 9.17) is 0 Å². The number of rotatable bonds is 19. The molecule has 0 saturated carbocycles. The molecule has 0 aromatic heterocycles. The van der Waals surface area contributed by atoms with E-state index in [9.17, 15) is 15.0 Å². The number of hydrogen-bond donors (Lipinski definition) is 3. The van der Waals surface area contributed by atoms with Crippen LogP contribution in [0.15, 0.2) is 11.2 Å². The van der Waals surface area contributed by atoms with Crippen LogP contribution in [0.2, 0.25) is 0 Å². The molecule has 0 aliphatic rings. The number of amides is 1. The highest BCUT2D eigenvalue weighted by atomic mass is 79.9. The second-order valence-corrected chi connectivity index (χ2v) is 14.8. The zero-order valence-electron chi connectivity index (χ0n) is 28.5. The Morgan fingerprint density at radius 1 is 0.762 bits per heavy atom. The van der Waals surface area contributed by atoms with Crippen LogP contribution in [0, 0.1) is 0 Å². The monoisotopic (exact) mass is 653 g/mol. The number of likely N-dealkylation sites (N-methyl/N-ethyl adjacent to an activating group) is 1. The zero-order valence-corrected chi connectivity index (χ0v) is 30.1. The van der Waals surface area contributed by atoms with Gasteiger partial charge in [-0.1, -0.05) is 132 Å². The predicted octanol–water partition coefficient (Wildman–Crippen LogP) is 5.70. The minimum atomic E-state index is -0.331. The number of phenolic OH excluding ortho intramolecular Hbond substituents is 2. The second-order valence-electron chi connectivity index (χ2n) is 14.8. The molecule has 0 heterocycles. The Bertz CT molecular complexity index is 946. The highest BCUT2D eigenvalue weighted by molar-refractivity contribution is 5.89. The summed E-state index contributed by atoms with van der Waals surface area (Å²) in [7, 11) is 4.16. The maximum absolute atomic E-state index is 12.7. The summed E-state index contributed by atoms with van der Waals surface area (Å²) < 4.78 is 0.610. The number of unbranched alkanes of at least 4 members (excludes halogenated alkanes) is 13. The summed E-state index contributed by atoms with van der Waals surface area (Å²) in [5.41, 5.74) is 3.99. The number of phenols is 2. The molecule has 0 fully saturated rings. The molecule has 1 aromatic rings. The molecule has 3 N–H and O–H groups in total. The Morgan fingerprint density at radius 2 is 1.19 bits per heavy atom. The largest absolute Gasteiger partial charge is 1.00 e. The summed E-state index contributed by atoms with van der Waals surface area (Å²) in [5, 5.41) is 25.7. The molecule has 7 heteroatoms. The van der Waals surface area contributed by atoms with Crippen LogP contribution in [0.1, 0.15) is 155 Å². The lowest BCUT2D eigenvalue weighted by Crippen LogP contribution is -3.00. The van der Waals surface area contributed by atoms with Gasteiger partial charge in [0.25, 0.3) is 5.91 Å². The quantitative estimate of drug-likeness (QED) is 0.0589. The minimum Gasteiger partial charge on any atom is -1.00 e. The first-order valence-electron chi connectivity index (χ1n) is 16.3. The summed E-state index contributed by atoms with van der Waals surface area (Å²) in [4.78, 5) is 12.7. The van der Waals surface area contributed by atoms with Gasteiger partial charge in [-0.05, 0) is 29.2 Å². The molecule has 6 nitrogen and oxygen atoms in total. The molecule has 0 saturated heterocycles. The van der Waals surface area contributed by atoms with Crippen molar-refractivity contribution in [2.24, 2.45) is 5.10 Å². The van der Waals surface area contributed by atoms with Crippen molar-refractivity contribution in [2.45, 2.75) is 149 Å². The van der Waals surface area contributed by atoms with E-state index in [-0.39, 0.29) is 45.2 Å². The Morgan fingerprint density at radius 3 is 1.62 bits per heavy atom. The maximum atomic E-state index is 12.7. The van der Waals surface area contributed by atoms with Gasteiger partial charge in [-0.25, -0.2) is 5.43 Å². The number of benzene rings is 1. The summed E-state index contributed by atoms with van der Waals surface area (Å²) in [6.45, 7) is 15.7. The van der Waals surface area contributed by atoms with Crippen LogP contribution in [-0.2, 0) is 15.6 Å². The van der Waals surface area contributed by atoms with Gasteiger partial charge in [-0.15, -0.1) is 0 Å². The maximum Gasteiger partial charge on any atom is 0.295 e. The molecule has 1 amide bonds. The molecule has 42 heavy (non-hydrogen) atoms. The molecule has 1 rings (SSSR count). The van der Waals surface area contributed by atoms with Crippen molar-refractivity contribution >= 4 is 12.1 Å². The number of halogens is 1. The summed E-state index contributed by atoms with van der Waals surface area (Å²) in [6.07, 6.45) is 20.2. The van der Waals surface area contributed by atoms with Crippen molar-refractivity contribution in [3.63, 3.8) is 0 Å². The van der Waals surface area contributed by atoms with E-state index in [1.807, 2.05) is 26.8 Å². The SMILES string of the molecule is CCCCCCCCCCCCCCCC[N+](C)(C)CC(=O)NN=Cc1c(C(C)(C)C)cc(C(C)(C)C)c(O)c1O.[Br-]. The first-order chi connectivity index (χ1) is 19.1. The van der Waals surface area contributed by atoms with E-state index in [0.717, 1.165) is 18.5 Å². The average Bonchev–Trinajstić information content (AvgIpc) is 2.85. The van der Waals surface area contributed by atoms with Gasteiger partial charge < -0.3 is 31.7 Å². The normalized spacial score (nSPS) is 12.5. The van der Waals surface area contributed by atoms with Crippen LogP contribution >= 0.6 is 0 Å². The highest BCUT2D eigenvalue weighted by Gasteiger charge is 2.28. The predicted molar refractivity (Wildman–Crippen MR) is 175 cm³/mol. The number of carbonyl (C=O) groups is 1. The Kier molecular flexibility index (Phi) is 18.9. The van der Waals surface area contributed by atoms with Gasteiger partial charge in [-0.3, -0.25) is 4.79 Å². The fraction of sp³-hybridized carbons (Fsp3) is 0.771. The standard InChI is InChI=1S/C35H63N3O3.BrH/c1-10-11-12-13-14-15-16-17-18-19-20-21-22-23-24-38(8,9)27-31(39)37-36-26-28-29(34(2,3)4)25-30(35(5,6)7)33(41)32(28)40;/h25-26H,10-24,27H2,1-9H3,(H2-,36,37,39,40,41);1H. The van der Waals surface area contributed by atoms with E-state index < -0.39 is 0 Å². The third-order valence-corrected chi connectivity index (χ3v) is 8.00. The van der Waals surface area contributed by atoms with Crippen molar-refractivity contribution in [1.29, 1.82) is 0 Å². The smallest absolute Gasteiger partial charge is 0.295 e. The highest BCUT2D eigenvalue weighted by Crippen LogP contribution is 2.43. The van der Waals surface area contributed by atoms with Crippen LogP contribution < -0.4 is 22.4 Å². The Balaban J connectivity index is 0.0000168. The van der Waals surface area contributed by atoms with Gasteiger partial charge in [-0.2, -0.15) is 5.10 Å². The lowest BCUT2D eigenvalue weighted by atomic mass is 9.77. The van der Waals surface area contributed by atoms with Gasteiger partial charge in [0, 0.05) is 11.1 Å². The van der Waals surface area contributed by atoms with Gasteiger partial charge in [0.05, 0.1) is 26.9 Å². The zero-order chi connectivity index (χ0) is 31.1. The fourth-order valence-electron chi connectivity index (χ4n) is 5.40. The molecule has 0 atom stereocenters. The van der Waals surface area contributed by atoms with Crippen molar-refractivity contribution in [1.82, 2.24) is 5.43 Å². The number of hydrogen-bond acceptors (Lipinski definition) is 4. The molecule has 0 radical (unpaired) electrons. The molecule has 244 valence electrons. The fourth-order valence-corrected chi connectivity index (χ4v) is 5.40. The van der Waals surface area contributed by atoms with E-state index in [2.05, 4.69) is 52.3 Å². The number of aromatic hydroxyl groups is 2. The van der Waals surface area contributed by atoms with Crippen LogP contribution in [0.3, 0.4) is 0 Å². The average molecular weight is 655 g/mol. The molecule has 0 aliphatic carbocycles. The van der Waals surface area contributed by atoms with E-state index in [1.165, 1.54) is 89.7 Å². The van der Waals surface area contributed by atoms with Crippen LogP contribution in [0.4, 0.5) is 0 Å². The third kappa shape index (κ3) is 15.7. The first kappa shape index (κ1) is 40.4. The second kappa shape index (κ2) is 19.6. The minimum absolute atomic E-state index is 0. The molecular weight excluding hydrogens is 590 g/mol. The van der Waals surface area contributed by atoms with Gasteiger partial charge in [0.2, 0.25) is 0 Å². The van der Waals surface area contributed by atoms with Crippen molar-refractivity contribution < 1.29 is 36.5 Å². The summed E-state index contributed by atoms with van der Waals surface area (Å²) >= 11 is 0. The molecule has 0 bridgehead atoms. The third-order valence-electron chi connectivity index (χ3n) is 8.00. The van der Waals surface area contributed by atoms with Gasteiger partial charge in [0.15, 0.2) is 18.0 Å². The van der Waals surface area contributed by atoms with E-state index in [1.54, 1.807) is 0 Å². The number of hydrazone groups is 1. The van der Waals surface area contributed by atoms with Crippen molar-refractivity contribution in [3.05, 3.63) is 22.8 Å². The number of nitrogens with one attached hydrogen (secondary N) is 1. The number of carbonyl (C=O) groups excluding carboxylic acids is 1. The van der Waals surface area contributed by atoms with Crippen molar-refractivity contribution in [3.8, 4) is 11.5 Å². The van der Waals surface area contributed by atoms with Crippen LogP contribution in [0.5, 0.6) is 11.5 Å². The lowest BCUT2D eigenvalue weighted by molar-refractivity contribution is -0.882. The van der Waals surface area contributed by atoms with Gasteiger partial charge >= 0.3 is 0 Å². The van der Waals surface area contributed by atoms with Gasteiger partial charge in [0.1, 0.15) is 0 Å². The number of nitrogens with zero attached hydrogens (tertiary/aromatic N) is 2. The molecule has 0 spiro atoms. The topological polar surface area (TPSA) is 81.9 Å². The summed E-state index contributed by atoms with van der Waals surface area (Å²) in [5.74, 6) is -0.498. The molecular formula is C35H64BrN3O3. The Hall–Kier alpha value is -1.60. The van der Waals surface area contributed by atoms with E-state index >= 15 is 0 Å². The Labute approximate surface area is 269 Å². The molecule has 0 aliphatic heterocycles. The summed E-state index contributed by atoms with van der Waals surface area (Å²) in [6, 6.07) is 1.94. The molecule has 1 aromatic carbocycles. The lowest BCUT2D eigenvalue weighted by Gasteiger charge is -2.29. The van der Waals surface area contributed by atoms with Crippen LogP contribution in [-0.4, -0.2) is 54.0 Å².